The van der Waals surface area contributed by atoms with Crippen molar-refractivity contribution < 1.29 is 9.21 Å². The number of carbonyl (C=O) groups is 1. The van der Waals surface area contributed by atoms with Gasteiger partial charge in [0, 0.05) is 12.0 Å². The third kappa shape index (κ3) is 3.57. The highest BCUT2D eigenvalue weighted by Crippen LogP contribution is 2.08. The van der Waals surface area contributed by atoms with E-state index in [1.807, 2.05) is 37.3 Å². The van der Waals surface area contributed by atoms with Crippen LogP contribution in [0.5, 0.6) is 0 Å². The zero-order valence-corrected chi connectivity index (χ0v) is 11.7. The van der Waals surface area contributed by atoms with Crippen LogP contribution in [0.15, 0.2) is 45.9 Å². The Morgan fingerprint density at radius 3 is 2.85 bits per heavy atom. The van der Waals surface area contributed by atoms with Crippen LogP contribution in [0.25, 0.3) is 0 Å². The van der Waals surface area contributed by atoms with E-state index in [1.54, 1.807) is 6.07 Å². The van der Waals surface area contributed by atoms with Gasteiger partial charge in [-0.1, -0.05) is 25.1 Å². The van der Waals surface area contributed by atoms with Crippen molar-refractivity contribution in [3.63, 3.8) is 0 Å². The van der Waals surface area contributed by atoms with Crippen molar-refractivity contribution in [3.05, 3.63) is 59.0 Å². The molecule has 4 nitrogen and oxygen atoms in total. The second-order valence-electron chi connectivity index (χ2n) is 4.57. The Balaban J connectivity index is 1.95. The van der Waals surface area contributed by atoms with E-state index in [0.29, 0.717) is 11.3 Å². The van der Waals surface area contributed by atoms with Gasteiger partial charge in [0.25, 0.3) is 5.91 Å². The fraction of sp³-hybridized carbons (Fsp3) is 0.250. The van der Waals surface area contributed by atoms with E-state index in [9.17, 15) is 4.79 Å². The van der Waals surface area contributed by atoms with Gasteiger partial charge in [-0.2, -0.15) is 5.10 Å². The molecule has 20 heavy (non-hydrogen) atoms. The van der Waals surface area contributed by atoms with Gasteiger partial charge in [0.2, 0.25) is 0 Å². The lowest BCUT2D eigenvalue weighted by atomic mass is 10.1. The van der Waals surface area contributed by atoms with Crippen LogP contribution in [-0.2, 0) is 6.42 Å². The number of rotatable bonds is 5. The van der Waals surface area contributed by atoms with Gasteiger partial charge in [0.1, 0.15) is 11.5 Å². The molecule has 104 valence electrons. The van der Waals surface area contributed by atoms with Gasteiger partial charge in [0.05, 0.1) is 6.21 Å². The smallest absolute Gasteiger partial charge is 0.271 e. The SMILES string of the molecule is CCCc1ccc(/C=N/NC(=O)c2ccccc2C)o1. The highest BCUT2D eigenvalue weighted by Gasteiger charge is 2.06. The molecule has 0 radical (unpaired) electrons. The van der Waals surface area contributed by atoms with E-state index in [4.69, 9.17) is 4.42 Å². The quantitative estimate of drug-likeness (QED) is 0.669. The molecule has 1 aromatic heterocycles. The second kappa shape index (κ2) is 6.70. The Morgan fingerprint density at radius 2 is 2.10 bits per heavy atom. The standard InChI is InChI=1S/C16H18N2O2/c1-3-6-13-9-10-14(20-13)11-17-18-16(19)15-8-5-4-7-12(15)2/h4-5,7-11H,3,6H2,1-2H3,(H,18,19)/b17-11+. The van der Waals surface area contributed by atoms with Crippen molar-refractivity contribution in [2.45, 2.75) is 26.7 Å². The molecule has 0 unspecified atom stereocenters. The summed E-state index contributed by atoms with van der Waals surface area (Å²) in [6.07, 6.45) is 3.45. The summed E-state index contributed by atoms with van der Waals surface area (Å²) in [5, 5.41) is 3.91. The predicted molar refractivity (Wildman–Crippen MR) is 78.9 cm³/mol. The van der Waals surface area contributed by atoms with Crippen LogP contribution in [0, 0.1) is 6.92 Å². The minimum Gasteiger partial charge on any atom is -0.460 e. The third-order valence-electron chi connectivity index (χ3n) is 2.93. The van der Waals surface area contributed by atoms with Crippen molar-refractivity contribution in [1.29, 1.82) is 0 Å². The lowest BCUT2D eigenvalue weighted by Crippen LogP contribution is -2.18. The maximum absolute atomic E-state index is 11.9. The molecule has 2 rings (SSSR count). The number of nitrogens with one attached hydrogen (secondary N) is 1. The van der Waals surface area contributed by atoms with Crippen LogP contribution in [0.3, 0.4) is 0 Å². The number of hydrogen-bond acceptors (Lipinski definition) is 3. The number of furan rings is 1. The van der Waals surface area contributed by atoms with Crippen LogP contribution in [0.4, 0.5) is 0 Å². The fourth-order valence-electron chi connectivity index (χ4n) is 1.89. The number of benzene rings is 1. The van der Waals surface area contributed by atoms with Gasteiger partial charge in [-0.15, -0.1) is 0 Å². The molecule has 2 aromatic rings. The first-order chi connectivity index (χ1) is 9.70. The number of carbonyl (C=O) groups excluding carboxylic acids is 1. The van der Waals surface area contributed by atoms with E-state index >= 15 is 0 Å². The van der Waals surface area contributed by atoms with Gasteiger partial charge in [-0.05, 0) is 37.1 Å². The molecular weight excluding hydrogens is 252 g/mol. The third-order valence-corrected chi connectivity index (χ3v) is 2.93. The summed E-state index contributed by atoms with van der Waals surface area (Å²) in [6, 6.07) is 11.2. The van der Waals surface area contributed by atoms with E-state index in [-0.39, 0.29) is 5.91 Å². The van der Waals surface area contributed by atoms with Gasteiger partial charge >= 0.3 is 0 Å². The number of amides is 1. The molecule has 0 fully saturated rings. The first-order valence-electron chi connectivity index (χ1n) is 6.68. The molecule has 1 aromatic carbocycles. The van der Waals surface area contributed by atoms with Crippen molar-refractivity contribution in [2.75, 3.05) is 0 Å². The average molecular weight is 270 g/mol. The van der Waals surface area contributed by atoms with E-state index < -0.39 is 0 Å². The minimum absolute atomic E-state index is 0.223. The molecular formula is C16H18N2O2. The molecule has 1 N–H and O–H groups in total. The zero-order valence-electron chi connectivity index (χ0n) is 11.7. The molecule has 0 atom stereocenters. The summed E-state index contributed by atoms with van der Waals surface area (Å²) in [5.41, 5.74) is 4.04. The summed E-state index contributed by atoms with van der Waals surface area (Å²) in [5.74, 6) is 1.34. The number of nitrogens with zero attached hydrogens (tertiary/aromatic N) is 1. The normalized spacial score (nSPS) is 10.9. The van der Waals surface area contributed by atoms with Crippen LogP contribution in [-0.4, -0.2) is 12.1 Å². The summed E-state index contributed by atoms with van der Waals surface area (Å²) < 4.78 is 5.53. The molecule has 1 amide bonds. The van der Waals surface area contributed by atoms with Crippen molar-refractivity contribution in [3.8, 4) is 0 Å². The second-order valence-corrected chi connectivity index (χ2v) is 4.57. The lowest BCUT2D eigenvalue weighted by molar-refractivity contribution is 0.0954. The zero-order chi connectivity index (χ0) is 14.4. The highest BCUT2D eigenvalue weighted by atomic mass is 16.3. The van der Waals surface area contributed by atoms with Crippen LogP contribution >= 0.6 is 0 Å². The minimum atomic E-state index is -0.223. The Morgan fingerprint density at radius 1 is 1.30 bits per heavy atom. The first-order valence-corrected chi connectivity index (χ1v) is 6.68. The summed E-state index contributed by atoms with van der Waals surface area (Å²) >= 11 is 0. The van der Waals surface area contributed by atoms with Crippen molar-refractivity contribution >= 4 is 12.1 Å². The topological polar surface area (TPSA) is 54.6 Å². The number of aryl methyl sites for hydroxylation is 2. The summed E-state index contributed by atoms with van der Waals surface area (Å²) in [4.78, 5) is 11.9. The maximum Gasteiger partial charge on any atom is 0.271 e. The maximum atomic E-state index is 11.9. The fourth-order valence-corrected chi connectivity index (χ4v) is 1.89. The molecule has 0 bridgehead atoms. The molecule has 0 aliphatic heterocycles. The molecule has 0 aliphatic carbocycles. The average Bonchev–Trinajstić information content (AvgIpc) is 2.87. The van der Waals surface area contributed by atoms with Gasteiger partial charge in [-0.3, -0.25) is 4.79 Å². The van der Waals surface area contributed by atoms with E-state index in [2.05, 4.69) is 17.5 Å². The van der Waals surface area contributed by atoms with Gasteiger partial charge < -0.3 is 4.42 Å². The van der Waals surface area contributed by atoms with Crippen molar-refractivity contribution in [1.82, 2.24) is 5.43 Å². The molecule has 0 saturated carbocycles. The summed E-state index contributed by atoms with van der Waals surface area (Å²) in [7, 11) is 0. The Kier molecular flexibility index (Phi) is 4.71. The van der Waals surface area contributed by atoms with E-state index in [0.717, 1.165) is 24.2 Å². The predicted octanol–water partition coefficient (Wildman–Crippen LogP) is 3.30. The van der Waals surface area contributed by atoms with Crippen molar-refractivity contribution in [2.24, 2.45) is 5.10 Å². The number of hydrazone groups is 1. The van der Waals surface area contributed by atoms with E-state index in [1.165, 1.54) is 6.21 Å². The molecule has 1 heterocycles. The lowest BCUT2D eigenvalue weighted by Gasteiger charge is -2.02. The van der Waals surface area contributed by atoms with Crippen LogP contribution < -0.4 is 5.43 Å². The Hall–Kier alpha value is -2.36. The largest absolute Gasteiger partial charge is 0.460 e. The van der Waals surface area contributed by atoms with Crippen LogP contribution in [0.2, 0.25) is 0 Å². The molecule has 0 aliphatic rings. The van der Waals surface area contributed by atoms with Gasteiger partial charge in [-0.25, -0.2) is 5.43 Å². The molecule has 0 spiro atoms. The molecule has 0 saturated heterocycles. The first kappa shape index (κ1) is 14.1. The number of hydrogen-bond donors (Lipinski definition) is 1. The highest BCUT2D eigenvalue weighted by molar-refractivity contribution is 5.96. The molecule has 4 heteroatoms. The van der Waals surface area contributed by atoms with Gasteiger partial charge in [0.15, 0.2) is 0 Å². The Bertz CT molecular complexity index is 614. The monoisotopic (exact) mass is 270 g/mol. The summed E-state index contributed by atoms with van der Waals surface area (Å²) in [6.45, 7) is 3.99. The van der Waals surface area contributed by atoms with Crippen LogP contribution in [0.1, 0.15) is 40.8 Å². The Labute approximate surface area is 118 Å².